The van der Waals surface area contributed by atoms with Crippen molar-refractivity contribution >= 4 is 5.57 Å². The van der Waals surface area contributed by atoms with Crippen LogP contribution in [0.25, 0.3) is 5.57 Å². The predicted molar refractivity (Wildman–Crippen MR) is 165 cm³/mol. The molecule has 5 atom stereocenters. The molecule has 0 radical (unpaired) electrons. The lowest BCUT2D eigenvalue weighted by molar-refractivity contribution is -0.210. The van der Waals surface area contributed by atoms with Crippen LogP contribution in [-0.4, -0.2) is 32.7 Å². The first-order valence-electron chi connectivity index (χ1n) is 16.3. The van der Waals surface area contributed by atoms with Crippen molar-refractivity contribution in [3.05, 3.63) is 70.8 Å². The minimum atomic E-state index is -0.464. The van der Waals surface area contributed by atoms with Crippen molar-refractivity contribution in [3.63, 3.8) is 0 Å². The van der Waals surface area contributed by atoms with Crippen LogP contribution >= 0.6 is 0 Å². The van der Waals surface area contributed by atoms with Gasteiger partial charge < -0.3 is 18.9 Å². The third-order valence-electron chi connectivity index (χ3n) is 10.6. The molecule has 0 spiro atoms. The summed E-state index contributed by atoms with van der Waals surface area (Å²) >= 11 is 0. The van der Waals surface area contributed by atoms with Gasteiger partial charge in [0.05, 0.1) is 31.3 Å². The van der Waals surface area contributed by atoms with Crippen molar-refractivity contribution in [2.75, 3.05) is 20.3 Å². The standard InChI is InChI=1S/C37H47NO4/c1-36-24-29(13-7-4-9-21-40-25-27-11-5-3-6-12-27)35-31-16-15-30(39-2)23-28(31)19-20-37(35,26-38)32(36)17-18-33(36)42-34-14-8-10-22-41-34/h3,5-6,11-12,15-16,23,32-34H,4,7-10,13-14,17-22,24-25H2,1-2H3/t32-,33+,34?,36+,37-/m1/s1. The van der Waals surface area contributed by atoms with Gasteiger partial charge in [-0.05, 0) is 111 Å². The fourth-order valence-electron chi connectivity index (χ4n) is 8.61. The van der Waals surface area contributed by atoms with Crippen molar-refractivity contribution in [1.82, 2.24) is 0 Å². The van der Waals surface area contributed by atoms with E-state index in [2.05, 4.69) is 55.5 Å². The van der Waals surface area contributed by atoms with E-state index < -0.39 is 5.41 Å². The van der Waals surface area contributed by atoms with Gasteiger partial charge in [0, 0.05) is 18.6 Å². The molecular formula is C37H47NO4. The van der Waals surface area contributed by atoms with Crippen LogP contribution in [0, 0.1) is 28.1 Å². The third-order valence-corrected chi connectivity index (χ3v) is 10.6. The molecule has 1 saturated carbocycles. The van der Waals surface area contributed by atoms with Gasteiger partial charge in [0.25, 0.3) is 0 Å². The molecule has 0 N–H and O–H groups in total. The second-order valence-electron chi connectivity index (χ2n) is 13.2. The van der Waals surface area contributed by atoms with Crippen molar-refractivity contribution in [3.8, 4) is 11.8 Å². The second kappa shape index (κ2) is 12.9. The van der Waals surface area contributed by atoms with Crippen LogP contribution in [0.4, 0.5) is 0 Å². The van der Waals surface area contributed by atoms with Crippen LogP contribution in [0.3, 0.4) is 0 Å². The van der Waals surface area contributed by atoms with Crippen molar-refractivity contribution in [1.29, 1.82) is 5.26 Å². The van der Waals surface area contributed by atoms with E-state index in [-0.39, 0.29) is 17.8 Å². The molecule has 4 aliphatic rings. The number of nitrogens with zero attached hydrogens (tertiary/aromatic N) is 1. The predicted octanol–water partition coefficient (Wildman–Crippen LogP) is 8.41. The van der Waals surface area contributed by atoms with E-state index in [1.807, 2.05) is 6.07 Å². The highest BCUT2D eigenvalue weighted by atomic mass is 16.7. The Morgan fingerprint density at radius 3 is 2.69 bits per heavy atom. The summed E-state index contributed by atoms with van der Waals surface area (Å²) in [6.45, 7) is 4.68. The molecule has 5 heteroatoms. The molecule has 5 nitrogen and oxygen atoms in total. The highest BCUT2D eigenvalue weighted by Crippen LogP contribution is 2.67. The van der Waals surface area contributed by atoms with E-state index in [4.69, 9.17) is 18.9 Å². The maximum absolute atomic E-state index is 11.1. The van der Waals surface area contributed by atoms with E-state index in [1.165, 1.54) is 34.3 Å². The number of unbranched alkanes of at least 4 members (excludes halogenated alkanes) is 2. The van der Waals surface area contributed by atoms with Gasteiger partial charge in [-0.25, -0.2) is 0 Å². The summed E-state index contributed by atoms with van der Waals surface area (Å²) < 4.78 is 24.3. The number of aryl methyl sites for hydroxylation is 1. The maximum atomic E-state index is 11.1. The van der Waals surface area contributed by atoms with Gasteiger partial charge in [-0.1, -0.05) is 55.3 Å². The number of benzene rings is 2. The molecule has 1 unspecified atom stereocenters. The number of methoxy groups -OCH3 is 1. The van der Waals surface area contributed by atoms with Crippen LogP contribution < -0.4 is 4.74 Å². The summed E-state index contributed by atoms with van der Waals surface area (Å²) in [7, 11) is 1.74. The molecule has 3 aliphatic carbocycles. The molecule has 2 aromatic carbocycles. The minimum absolute atomic E-state index is 0.0574. The van der Waals surface area contributed by atoms with Crippen LogP contribution in [0.2, 0.25) is 0 Å². The molecule has 0 bridgehead atoms. The summed E-state index contributed by atoms with van der Waals surface area (Å²) in [6, 6.07) is 19.9. The first-order valence-corrected chi connectivity index (χ1v) is 16.3. The Labute approximate surface area is 252 Å². The summed E-state index contributed by atoms with van der Waals surface area (Å²) in [5.41, 5.74) is 6.13. The maximum Gasteiger partial charge on any atom is 0.157 e. The van der Waals surface area contributed by atoms with E-state index >= 15 is 0 Å². The number of fused-ring (bicyclic) bond motifs is 5. The molecular weight excluding hydrogens is 522 g/mol. The molecule has 0 amide bonds. The smallest absolute Gasteiger partial charge is 0.157 e. The van der Waals surface area contributed by atoms with E-state index in [0.29, 0.717) is 12.5 Å². The third kappa shape index (κ3) is 5.66. The number of rotatable bonds is 11. The normalized spacial score (nSPS) is 30.3. The highest BCUT2D eigenvalue weighted by molar-refractivity contribution is 5.81. The quantitative estimate of drug-likeness (QED) is 0.254. The summed E-state index contributed by atoms with van der Waals surface area (Å²) in [5, 5.41) is 11.1. The van der Waals surface area contributed by atoms with E-state index in [9.17, 15) is 5.26 Å². The lowest BCUT2D eigenvalue weighted by atomic mass is 9.50. The lowest BCUT2D eigenvalue weighted by Gasteiger charge is -2.53. The first-order chi connectivity index (χ1) is 20.6. The SMILES string of the molecule is COc1ccc2c(c1)CC[C@]1(C#N)C2=C(CCCCCOCc2ccccc2)C[C@]2(C)[C@@H](OC3CCCCO3)CC[C@H]21. The largest absolute Gasteiger partial charge is 0.497 e. The van der Waals surface area contributed by atoms with Crippen molar-refractivity contribution < 1.29 is 18.9 Å². The molecule has 0 aromatic heterocycles. The van der Waals surface area contributed by atoms with Crippen LogP contribution in [-0.2, 0) is 27.2 Å². The molecule has 42 heavy (non-hydrogen) atoms. The second-order valence-corrected chi connectivity index (χ2v) is 13.2. The topological polar surface area (TPSA) is 60.7 Å². The monoisotopic (exact) mass is 569 g/mol. The number of allylic oxidation sites excluding steroid dienone is 2. The molecule has 2 fully saturated rings. The molecule has 1 aliphatic heterocycles. The van der Waals surface area contributed by atoms with Gasteiger partial charge in [-0.15, -0.1) is 0 Å². The summed E-state index contributed by atoms with van der Waals surface area (Å²) in [5.74, 6) is 1.20. The Morgan fingerprint density at radius 2 is 1.90 bits per heavy atom. The minimum Gasteiger partial charge on any atom is -0.497 e. The molecule has 6 rings (SSSR count). The van der Waals surface area contributed by atoms with Gasteiger partial charge in [-0.3, -0.25) is 0 Å². The van der Waals surface area contributed by atoms with Crippen LogP contribution in [0.1, 0.15) is 94.2 Å². The first kappa shape index (κ1) is 29.4. The van der Waals surface area contributed by atoms with Crippen LogP contribution in [0.15, 0.2) is 54.1 Å². The Balaban J connectivity index is 1.23. The molecule has 1 saturated heterocycles. The van der Waals surface area contributed by atoms with Gasteiger partial charge in [0.2, 0.25) is 0 Å². The fraction of sp³-hybridized carbons (Fsp3) is 0.595. The van der Waals surface area contributed by atoms with Crippen molar-refractivity contribution in [2.24, 2.45) is 16.7 Å². The zero-order valence-electron chi connectivity index (χ0n) is 25.5. The average Bonchev–Trinajstić information content (AvgIpc) is 3.36. The van der Waals surface area contributed by atoms with Gasteiger partial charge in [0.15, 0.2) is 6.29 Å². The molecule has 1 heterocycles. The Morgan fingerprint density at radius 1 is 1.02 bits per heavy atom. The Hall–Kier alpha value is -2.65. The Kier molecular flexibility index (Phi) is 9.05. The van der Waals surface area contributed by atoms with Gasteiger partial charge in [0.1, 0.15) is 5.75 Å². The Bertz CT molecular complexity index is 1290. The zero-order valence-corrected chi connectivity index (χ0v) is 25.5. The summed E-state index contributed by atoms with van der Waals surface area (Å²) in [6.07, 6.45) is 12.5. The highest BCUT2D eigenvalue weighted by Gasteiger charge is 2.62. The van der Waals surface area contributed by atoms with E-state index in [1.54, 1.807) is 7.11 Å². The van der Waals surface area contributed by atoms with Crippen molar-refractivity contribution in [2.45, 2.75) is 103 Å². The lowest BCUT2D eigenvalue weighted by Crippen LogP contribution is -2.49. The van der Waals surface area contributed by atoms with E-state index in [0.717, 1.165) is 89.6 Å². The number of hydrogen-bond donors (Lipinski definition) is 0. The number of hydrogen-bond acceptors (Lipinski definition) is 5. The van der Waals surface area contributed by atoms with Crippen LogP contribution in [0.5, 0.6) is 5.75 Å². The average molecular weight is 570 g/mol. The molecule has 2 aromatic rings. The molecule has 224 valence electrons. The number of ether oxygens (including phenoxy) is 4. The number of nitriles is 1. The van der Waals surface area contributed by atoms with Gasteiger partial charge in [-0.2, -0.15) is 5.26 Å². The van der Waals surface area contributed by atoms with Gasteiger partial charge >= 0.3 is 0 Å². The summed E-state index contributed by atoms with van der Waals surface area (Å²) in [4.78, 5) is 0. The zero-order chi connectivity index (χ0) is 29.0. The fourth-order valence-corrected chi connectivity index (χ4v) is 8.61.